The van der Waals surface area contributed by atoms with Crippen molar-refractivity contribution in [3.8, 4) is 11.5 Å². The molecular weight excluding hydrogens is 336 g/mol. The number of hydrogen-bond donors (Lipinski definition) is 1. The van der Waals surface area contributed by atoms with E-state index in [2.05, 4.69) is 59.3 Å². The molecule has 0 unspecified atom stereocenters. The third kappa shape index (κ3) is 5.51. The van der Waals surface area contributed by atoms with E-state index in [-0.39, 0.29) is 0 Å². The number of nitrogens with one attached hydrogen (secondary N) is 1. The van der Waals surface area contributed by atoms with Crippen molar-refractivity contribution >= 4 is 5.69 Å². The number of piperidine rings is 1. The van der Waals surface area contributed by atoms with Crippen LogP contribution in [-0.4, -0.2) is 32.8 Å². The first-order valence-electron chi connectivity index (χ1n) is 9.63. The third-order valence-corrected chi connectivity index (χ3v) is 4.91. The molecule has 1 N–H and O–H groups in total. The van der Waals surface area contributed by atoms with Gasteiger partial charge in [0.05, 0.1) is 7.11 Å². The predicted octanol–water partition coefficient (Wildman–Crippen LogP) is 4.41. The first-order chi connectivity index (χ1) is 13.2. The van der Waals surface area contributed by atoms with Crippen molar-refractivity contribution in [2.24, 2.45) is 0 Å². The Labute approximate surface area is 162 Å². The molecule has 0 radical (unpaired) electrons. The lowest BCUT2D eigenvalue weighted by atomic mass is 10.0. The smallest absolute Gasteiger partial charge is 0.161 e. The average molecular weight is 367 g/mol. The van der Waals surface area contributed by atoms with Gasteiger partial charge in [-0.2, -0.15) is 0 Å². The van der Waals surface area contributed by atoms with E-state index < -0.39 is 0 Å². The highest BCUT2D eigenvalue weighted by molar-refractivity contribution is 5.46. The van der Waals surface area contributed by atoms with Crippen LogP contribution in [-0.2, 0) is 6.54 Å². The SMILES string of the molecule is C=C(C)COc1cc(CNC2CCN(c3ccccc3)CC2)ccc1OC. The Morgan fingerprint density at radius 2 is 1.85 bits per heavy atom. The summed E-state index contributed by atoms with van der Waals surface area (Å²) in [6, 6.07) is 17.4. The number of anilines is 1. The Morgan fingerprint density at radius 1 is 1.11 bits per heavy atom. The molecule has 3 rings (SSSR count). The lowest BCUT2D eigenvalue weighted by Crippen LogP contribution is -2.42. The molecule has 0 amide bonds. The molecule has 0 atom stereocenters. The van der Waals surface area contributed by atoms with Crippen LogP contribution in [0.15, 0.2) is 60.7 Å². The summed E-state index contributed by atoms with van der Waals surface area (Å²) in [4.78, 5) is 2.47. The van der Waals surface area contributed by atoms with Crippen LogP contribution >= 0.6 is 0 Å². The van der Waals surface area contributed by atoms with Gasteiger partial charge in [0, 0.05) is 31.4 Å². The number of rotatable bonds is 8. The number of methoxy groups -OCH3 is 1. The van der Waals surface area contributed by atoms with Gasteiger partial charge >= 0.3 is 0 Å². The van der Waals surface area contributed by atoms with Gasteiger partial charge in [0.2, 0.25) is 0 Å². The Bertz CT molecular complexity index is 737. The molecule has 0 saturated carbocycles. The van der Waals surface area contributed by atoms with Gasteiger partial charge in [0.15, 0.2) is 11.5 Å². The first-order valence-corrected chi connectivity index (χ1v) is 9.63. The van der Waals surface area contributed by atoms with Gasteiger partial charge in [-0.25, -0.2) is 0 Å². The van der Waals surface area contributed by atoms with Crippen LogP contribution in [0.1, 0.15) is 25.3 Å². The maximum absolute atomic E-state index is 5.83. The zero-order valence-corrected chi connectivity index (χ0v) is 16.4. The molecule has 2 aromatic rings. The summed E-state index contributed by atoms with van der Waals surface area (Å²) in [6.45, 7) is 9.38. The van der Waals surface area contributed by atoms with Crippen LogP contribution < -0.4 is 19.7 Å². The maximum Gasteiger partial charge on any atom is 0.161 e. The second-order valence-corrected chi connectivity index (χ2v) is 7.21. The summed E-state index contributed by atoms with van der Waals surface area (Å²) in [6.07, 6.45) is 2.31. The van der Waals surface area contributed by atoms with Crippen LogP contribution in [0.3, 0.4) is 0 Å². The lowest BCUT2D eigenvalue weighted by Gasteiger charge is -2.34. The lowest BCUT2D eigenvalue weighted by molar-refractivity contribution is 0.319. The fourth-order valence-electron chi connectivity index (χ4n) is 3.39. The number of nitrogens with zero attached hydrogens (tertiary/aromatic N) is 1. The monoisotopic (exact) mass is 366 g/mol. The van der Waals surface area contributed by atoms with E-state index in [1.807, 2.05) is 13.0 Å². The highest BCUT2D eigenvalue weighted by Gasteiger charge is 2.19. The fourth-order valence-corrected chi connectivity index (χ4v) is 3.39. The Kier molecular flexibility index (Phi) is 6.77. The quantitative estimate of drug-likeness (QED) is 0.702. The van der Waals surface area contributed by atoms with Crippen molar-refractivity contribution in [3.05, 3.63) is 66.2 Å². The third-order valence-electron chi connectivity index (χ3n) is 4.91. The summed E-state index contributed by atoms with van der Waals surface area (Å²) in [5.74, 6) is 1.54. The second-order valence-electron chi connectivity index (χ2n) is 7.21. The Balaban J connectivity index is 1.51. The summed E-state index contributed by atoms with van der Waals surface area (Å²) < 4.78 is 11.2. The molecule has 4 nitrogen and oxygen atoms in total. The Morgan fingerprint density at radius 3 is 2.52 bits per heavy atom. The molecule has 0 bridgehead atoms. The van der Waals surface area contributed by atoms with Gasteiger partial charge in [-0.3, -0.25) is 0 Å². The molecule has 1 heterocycles. The highest BCUT2D eigenvalue weighted by atomic mass is 16.5. The van der Waals surface area contributed by atoms with Crippen LogP contribution in [0.4, 0.5) is 5.69 Å². The number of hydrogen-bond acceptors (Lipinski definition) is 4. The fraction of sp³-hybridized carbons (Fsp3) is 0.391. The van der Waals surface area contributed by atoms with Gasteiger partial charge < -0.3 is 19.7 Å². The minimum Gasteiger partial charge on any atom is -0.493 e. The molecule has 144 valence electrons. The van der Waals surface area contributed by atoms with E-state index in [1.165, 1.54) is 11.3 Å². The van der Waals surface area contributed by atoms with Gasteiger partial charge in [-0.1, -0.05) is 30.8 Å². The summed E-state index contributed by atoms with van der Waals surface area (Å²) in [5, 5.41) is 3.70. The Hall–Kier alpha value is -2.46. The standard InChI is InChI=1S/C23H30N2O2/c1-18(2)17-27-23-15-19(9-10-22(23)26-3)16-24-20-11-13-25(14-12-20)21-7-5-4-6-8-21/h4-10,15,20,24H,1,11-14,16-17H2,2-3H3. The summed E-state index contributed by atoms with van der Waals surface area (Å²) in [5.41, 5.74) is 3.52. The first kappa shape index (κ1) is 19.3. The molecule has 1 aliphatic heterocycles. The normalized spacial score (nSPS) is 14.8. The van der Waals surface area contributed by atoms with Crippen LogP contribution in [0.5, 0.6) is 11.5 Å². The van der Waals surface area contributed by atoms with E-state index in [4.69, 9.17) is 9.47 Å². The molecule has 2 aromatic carbocycles. The van der Waals surface area contributed by atoms with Crippen LogP contribution in [0.25, 0.3) is 0 Å². The van der Waals surface area contributed by atoms with Gasteiger partial charge in [-0.15, -0.1) is 0 Å². The van der Waals surface area contributed by atoms with Crippen molar-refractivity contribution in [3.63, 3.8) is 0 Å². The van der Waals surface area contributed by atoms with Crippen LogP contribution in [0.2, 0.25) is 0 Å². The number of benzene rings is 2. The van der Waals surface area contributed by atoms with E-state index >= 15 is 0 Å². The maximum atomic E-state index is 5.83. The van der Waals surface area contributed by atoms with E-state index in [1.54, 1.807) is 7.11 Å². The van der Waals surface area contributed by atoms with Gasteiger partial charge in [-0.05, 0) is 55.2 Å². The minimum atomic E-state index is 0.505. The molecular formula is C23H30N2O2. The molecule has 4 heteroatoms. The van der Waals surface area contributed by atoms with Crippen molar-refractivity contribution in [1.82, 2.24) is 5.32 Å². The van der Waals surface area contributed by atoms with Crippen molar-refractivity contribution in [2.45, 2.75) is 32.4 Å². The van der Waals surface area contributed by atoms with Gasteiger partial charge in [0.25, 0.3) is 0 Å². The molecule has 1 saturated heterocycles. The number of para-hydroxylation sites is 1. The number of ether oxygens (including phenoxy) is 2. The molecule has 1 fully saturated rings. The molecule has 0 aromatic heterocycles. The van der Waals surface area contributed by atoms with Crippen molar-refractivity contribution < 1.29 is 9.47 Å². The zero-order chi connectivity index (χ0) is 19.1. The molecule has 0 aliphatic carbocycles. The molecule has 0 spiro atoms. The predicted molar refractivity (Wildman–Crippen MR) is 112 cm³/mol. The average Bonchev–Trinajstić information content (AvgIpc) is 2.71. The van der Waals surface area contributed by atoms with Crippen molar-refractivity contribution in [1.29, 1.82) is 0 Å². The molecule has 1 aliphatic rings. The second kappa shape index (κ2) is 9.47. The highest BCUT2D eigenvalue weighted by Crippen LogP contribution is 2.28. The topological polar surface area (TPSA) is 33.7 Å². The summed E-state index contributed by atoms with van der Waals surface area (Å²) in [7, 11) is 1.67. The minimum absolute atomic E-state index is 0.505. The van der Waals surface area contributed by atoms with Crippen LogP contribution in [0, 0.1) is 0 Å². The van der Waals surface area contributed by atoms with E-state index in [0.29, 0.717) is 12.6 Å². The van der Waals surface area contributed by atoms with E-state index in [0.717, 1.165) is 49.5 Å². The van der Waals surface area contributed by atoms with Crippen molar-refractivity contribution in [2.75, 3.05) is 31.7 Å². The van der Waals surface area contributed by atoms with E-state index in [9.17, 15) is 0 Å². The summed E-state index contributed by atoms with van der Waals surface area (Å²) >= 11 is 0. The van der Waals surface area contributed by atoms with Gasteiger partial charge in [0.1, 0.15) is 6.61 Å². The molecule has 27 heavy (non-hydrogen) atoms. The largest absolute Gasteiger partial charge is 0.493 e. The zero-order valence-electron chi connectivity index (χ0n) is 16.4.